The molecule has 1 heterocycles. The number of hydrogen-bond acceptors (Lipinski definition) is 4. The maximum absolute atomic E-state index is 14.6. The zero-order valence-electron chi connectivity index (χ0n) is 17.8. The molecule has 1 unspecified atom stereocenters. The lowest BCUT2D eigenvalue weighted by molar-refractivity contribution is -0.188. The smallest absolute Gasteiger partial charge is 0.313 e. The molecule has 1 amide bonds. The van der Waals surface area contributed by atoms with Crippen molar-refractivity contribution in [3.05, 3.63) is 40.6 Å². The molecule has 6 nitrogen and oxygen atoms in total. The van der Waals surface area contributed by atoms with E-state index in [1.165, 1.54) is 12.1 Å². The topological polar surface area (TPSA) is 83.6 Å². The van der Waals surface area contributed by atoms with Gasteiger partial charge in [0.1, 0.15) is 0 Å². The molecule has 11 heteroatoms. The molecule has 1 aromatic carbocycles. The quantitative estimate of drug-likeness (QED) is 0.645. The number of carbonyl (C=O) groups is 2. The molecule has 1 atom stereocenters. The predicted molar refractivity (Wildman–Crippen MR) is 112 cm³/mol. The Kier molecular flexibility index (Phi) is 6.29. The van der Waals surface area contributed by atoms with Crippen LogP contribution in [0.1, 0.15) is 46.5 Å². The van der Waals surface area contributed by atoms with E-state index in [0.717, 1.165) is 17.0 Å². The molecule has 32 heavy (non-hydrogen) atoms. The van der Waals surface area contributed by atoms with Crippen LogP contribution in [0.3, 0.4) is 0 Å². The van der Waals surface area contributed by atoms with Crippen LogP contribution >= 0.6 is 11.6 Å². The Labute approximate surface area is 189 Å². The molecular weight excluding hydrogens is 469 g/mol. The molecule has 1 aromatic rings. The second-order valence-corrected chi connectivity index (χ2v) is 11.0. The number of unbranched alkanes of at least 4 members (excludes halogenated alkanes) is 1. The summed E-state index contributed by atoms with van der Waals surface area (Å²) in [6.07, 6.45) is -4.58. The lowest BCUT2D eigenvalue weighted by Gasteiger charge is -2.35. The average molecular weight is 493 g/mol. The number of rotatable bonds is 6. The Morgan fingerprint density at radius 2 is 1.72 bits per heavy atom. The van der Waals surface area contributed by atoms with Crippen LogP contribution in [-0.4, -0.2) is 43.3 Å². The Morgan fingerprint density at radius 1 is 1.12 bits per heavy atom. The molecule has 176 valence electrons. The first-order valence-corrected chi connectivity index (χ1v) is 12.0. The van der Waals surface area contributed by atoms with Gasteiger partial charge in [-0.15, -0.1) is 0 Å². The third kappa shape index (κ3) is 4.08. The molecule has 2 aliphatic rings. The molecule has 1 N–H and O–H groups in total. The summed E-state index contributed by atoms with van der Waals surface area (Å²) < 4.78 is 71.4. The second kappa shape index (κ2) is 8.14. The first-order valence-electron chi connectivity index (χ1n) is 10.1. The van der Waals surface area contributed by atoms with Crippen molar-refractivity contribution in [1.82, 2.24) is 9.62 Å². The summed E-state index contributed by atoms with van der Waals surface area (Å²) in [6.45, 7) is 5.22. The van der Waals surface area contributed by atoms with Crippen LogP contribution in [0, 0.1) is 5.41 Å². The third-order valence-electron chi connectivity index (χ3n) is 5.69. The van der Waals surface area contributed by atoms with Crippen LogP contribution in [0.2, 0.25) is 5.02 Å². The standard InChI is InChI=1S/C21H24ClF3N2O4S/c1-4-5-10-27-15-11-19(2,3)12-16(28)17(15)20(18(27)29,21(23,24)25)26-32(30,31)14-8-6-13(22)7-9-14/h6-9,26H,4-5,10-12H2,1-3H3. The largest absolute Gasteiger partial charge is 0.421 e. The molecule has 0 spiro atoms. The summed E-state index contributed by atoms with van der Waals surface area (Å²) in [5.41, 5.74) is -5.22. The number of amides is 1. The number of ketones is 1. The van der Waals surface area contributed by atoms with E-state index in [0.29, 0.717) is 12.8 Å². The summed E-state index contributed by atoms with van der Waals surface area (Å²) in [5, 5.41) is 0.187. The number of halogens is 4. The van der Waals surface area contributed by atoms with Gasteiger partial charge < -0.3 is 4.90 Å². The second-order valence-electron chi connectivity index (χ2n) is 8.88. The van der Waals surface area contributed by atoms with Crippen LogP contribution in [0.5, 0.6) is 0 Å². The Bertz CT molecular complexity index is 1080. The number of allylic oxidation sites excluding steroid dienone is 1. The van der Waals surface area contributed by atoms with Gasteiger partial charge in [-0.05, 0) is 42.5 Å². The highest BCUT2D eigenvalue weighted by molar-refractivity contribution is 7.89. The van der Waals surface area contributed by atoms with Gasteiger partial charge in [-0.1, -0.05) is 38.8 Å². The SMILES string of the molecule is CCCCN1C(=O)C(NS(=O)(=O)c2ccc(Cl)cc2)(C(F)(F)F)C2=C1CC(C)(C)CC2=O. The van der Waals surface area contributed by atoms with E-state index < -0.39 is 49.3 Å². The van der Waals surface area contributed by atoms with Crippen LogP contribution < -0.4 is 4.72 Å². The van der Waals surface area contributed by atoms with Gasteiger partial charge in [0.25, 0.3) is 5.91 Å². The van der Waals surface area contributed by atoms with Crippen molar-refractivity contribution in [2.75, 3.05) is 6.54 Å². The van der Waals surface area contributed by atoms with E-state index in [1.807, 2.05) is 6.92 Å². The van der Waals surface area contributed by atoms with Crippen molar-refractivity contribution in [1.29, 1.82) is 0 Å². The van der Waals surface area contributed by atoms with Gasteiger partial charge in [-0.25, -0.2) is 8.42 Å². The van der Waals surface area contributed by atoms with Gasteiger partial charge in [0.2, 0.25) is 15.6 Å². The maximum atomic E-state index is 14.6. The van der Waals surface area contributed by atoms with Crippen molar-refractivity contribution < 1.29 is 31.2 Å². The lowest BCUT2D eigenvalue weighted by atomic mass is 9.72. The fraction of sp³-hybridized carbons (Fsp3) is 0.524. The van der Waals surface area contributed by atoms with E-state index >= 15 is 0 Å². The number of nitrogens with zero attached hydrogens (tertiary/aromatic N) is 1. The number of alkyl halides is 3. The summed E-state index contributed by atoms with van der Waals surface area (Å²) >= 11 is 5.75. The Hall–Kier alpha value is -1.91. The zero-order valence-corrected chi connectivity index (χ0v) is 19.4. The molecule has 1 aliphatic carbocycles. The van der Waals surface area contributed by atoms with E-state index in [1.54, 1.807) is 18.6 Å². The fourth-order valence-corrected chi connectivity index (χ4v) is 5.66. The first-order chi connectivity index (χ1) is 14.7. The van der Waals surface area contributed by atoms with Crippen molar-refractivity contribution in [2.45, 2.75) is 63.1 Å². The molecule has 0 fully saturated rings. The molecule has 0 aromatic heterocycles. The van der Waals surface area contributed by atoms with Crippen molar-refractivity contribution in [2.24, 2.45) is 5.41 Å². The number of nitrogens with one attached hydrogen (secondary N) is 1. The van der Waals surface area contributed by atoms with E-state index in [-0.39, 0.29) is 30.1 Å². The summed E-state index contributed by atoms with van der Waals surface area (Å²) in [6, 6.07) is 4.48. The molecular formula is C21H24ClF3N2O4S. The Balaban J connectivity index is 2.23. The molecule has 0 bridgehead atoms. The molecule has 0 saturated carbocycles. The van der Waals surface area contributed by atoms with Crippen LogP contribution in [0.15, 0.2) is 40.4 Å². The van der Waals surface area contributed by atoms with Crippen molar-refractivity contribution >= 4 is 33.3 Å². The molecule has 0 radical (unpaired) electrons. The van der Waals surface area contributed by atoms with E-state index in [2.05, 4.69) is 0 Å². The van der Waals surface area contributed by atoms with Crippen molar-refractivity contribution in [3.63, 3.8) is 0 Å². The highest BCUT2D eigenvalue weighted by atomic mass is 35.5. The number of sulfonamides is 1. The average Bonchev–Trinajstić information content (AvgIpc) is 2.87. The van der Waals surface area contributed by atoms with Gasteiger partial charge in [-0.2, -0.15) is 17.9 Å². The van der Waals surface area contributed by atoms with Gasteiger partial charge >= 0.3 is 6.18 Å². The number of benzene rings is 1. The van der Waals surface area contributed by atoms with Gasteiger partial charge in [-0.3, -0.25) is 9.59 Å². The van der Waals surface area contributed by atoms with Gasteiger partial charge in [0, 0.05) is 23.7 Å². The molecule has 0 saturated heterocycles. The number of Topliss-reactive ketones (excluding diaryl/α,β-unsaturated/α-hetero) is 1. The van der Waals surface area contributed by atoms with Crippen LogP contribution in [0.4, 0.5) is 13.2 Å². The fourth-order valence-electron chi connectivity index (χ4n) is 4.22. The maximum Gasteiger partial charge on any atom is 0.421 e. The molecule has 1 aliphatic heterocycles. The van der Waals surface area contributed by atoms with Crippen molar-refractivity contribution in [3.8, 4) is 0 Å². The van der Waals surface area contributed by atoms with Gasteiger partial charge in [0.05, 0.1) is 10.5 Å². The summed E-state index contributed by atoms with van der Waals surface area (Å²) in [4.78, 5) is 26.8. The minimum absolute atomic E-state index is 0.0436. The van der Waals surface area contributed by atoms with Crippen LogP contribution in [-0.2, 0) is 19.6 Å². The highest BCUT2D eigenvalue weighted by Crippen LogP contribution is 2.52. The number of carbonyl (C=O) groups excluding carboxylic acids is 2. The first kappa shape index (κ1) is 24.7. The molecule has 3 rings (SSSR count). The minimum atomic E-state index is -5.39. The van der Waals surface area contributed by atoms with E-state index in [9.17, 15) is 31.2 Å². The zero-order chi connectivity index (χ0) is 24.1. The monoisotopic (exact) mass is 492 g/mol. The summed E-state index contributed by atoms with van der Waals surface area (Å²) in [7, 11) is -4.84. The van der Waals surface area contributed by atoms with Crippen LogP contribution in [0.25, 0.3) is 0 Å². The van der Waals surface area contributed by atoms with Gasteiger partial charge in [0.15, 0.2) is 5.78 Å². The third-order valence-corrected chi connectivity index (χ3v) is 7.41. The van der Waals surface area contributed by atoms with E-state index in [4.69, 9.17) is 11.6 Å². The normalized spacial score (nSPS) is 23.7. The lowest BCUT2D eigenvalue weighted by Crippen LogP contribution is -2.66. The minimum Gasteiger partial charge on any atom is -0.313 e. The predicted octanol–water partition coefficient (Wildman–Crippen LogP) is 4.20. The highest BCUT2D eigenvalue weighted by Gasteiger charge is 2.72. The number of hydrogen-bond donors (Lipinski definition) is 1. The Morgan fingerprint density at radius 3 is 2.25 bits per heavy atom. The summed E-state index contributed by atoms with van der Waals surface area (Å²) in [5.74, 6) is -2.38.